The number of hydrogen-bond donors (Lipinski definition) is 0. The highest BCUT2D eigenvalue weighted by atomic mass is 16.5. The van der Waals surface area contributed by atoms with Crippen LogP contribution in [0.1, 0.15) is 49.9 Å². The molecule has 0 amide bonds. The summed E-state index contributed by atoms with van der Waals surface area (Å²) >= 11 is 0. The number of rotatable bonds is 9. The molecule has 3 rings (SSSR count). The third kappa shape index (κ3) is 5.72. The molecule has 0 radical (unpaired) electrons. The average molecular weight is 384 g/mol. The fraction of sp³-hybridized carbons (Fsp3) is 0.296. The SMILES string of the molecule is C#CC(C)(CCCc1cccc(Oc2ccccc2)n1)c1ccc(CCC)cc1. The van der Waals surface area contributed by atoms with Gasteiger partial charge in [-0.2, -0.15) is 0 Å². The van der Waals surface area contributed by atoms with Gasteiger partial charge in [0.2, 0.25) is 5.88 Å². The molecule has 0 aliphatic heterocycles. The van der Waals surface area contributed by atoms with Gasteiger partial charge in [0.25, 0.3) is 0 Å². The second-order valence-electron chi connectivity index (χ2n) is 7.66. The van der Waals surface area contributed by atoms with E-state index in [0.29, 0.717) is 5.88 Å². The standard InChI is InChI=1S/C27H29NO/c1-4-11-22-17-19-23(20-18-22)27(3,5-2)21-10-13-24-12-9-16-26(28-24)29-25-14-7-6-8-15-25/h2,6-9,12,14-20H,4,10-11,13,21H2,1,3H3. The molecule has 2 nitrogen and oxygen atoms in total. The summed E-state index contributed by atoms with van der Waals surface area (Å²) in [7, 11) is 0. The molecule has 1 atom stereocenters. The molecule has 29 heavy (non-hydrogen) atoms. The van der Waals surface area contributed by atoms with Crippen molar-refractivity contribution in [3.63, 3.8) is 0 Å². The van der Waals surface area contributed by atoms with Gasteiger partial charge < -0.3 is 4.74 Å². The lowest BCUT2D eigenvalue weighted by Gasteiger charge is -2.24. The van der Waals surface area contributed by atoms with Crippen molar-refractivity contribution in [2.45, 2.75) is 51.4 Å². The molecule has 0 spiro atoms. The Morgan fingerprint density at radius 2 is 1.69 bits per heavy atom. The molecule has 0 saturated carbocycles. The molecule has 148 valence electrons. The van der Waals surface area contributed by atoms with Gasteiger partial charge in [-0.25, -0.2) is 4.98 Å². The van der Waals surface area contributed by atoms with Crippen LogP contribution in [0.2, 0.25) is 0 Å². The van der Waals surface area contributed by atoms with Crippen molar-refractivity contribution >= 4 is 0 Å². The predicted octanol–water partition coefficient (Wildman–Crippen LogP) is 6.74. The van der Waals surface area contributed by atoms with Crippen LogP contribution >= 0.6 is 0 Å². The van der Waals surface area contributed by atoms with Crippen LogP contribution in [0.3, 0.4) is 0 Å². The molecule has 1 heterocycles. The summed E-state index contributed by atoms with van der Waals surface area (Å²) in [6.45, 7) is 4.36. The van der Waals surface area contributed by atoms with Crippen molar-refractivity contribution in [2.75, 3.05) is 0 Å². The maximum absolute atomic E-state index is 5.94. The summed E-state index contributed by atoms with van der Waals surface area (Å²) in [6.07, 6.45) is 11.0. The van der Waals surface area contributed by atoms with E-state index in [1.807, 2.05) is 48.5 Å². The molecule has 0 N–H and O–H groups in total. The molecular weight excluding hydrogens is 354 g/mol. The van der Waals surface area contributed by atoms with E-state index in [0.717, 1.165) is 43.5 Å². The number of pyridine rings is 1. The van der Waals surface area contributed by atoms with Gasteiger partial charge in [-0.1, -0.05) is 67.8 Å². The smallest absolute Gasteiger partial charge is 0.219 e. The zero-order valence-corrected chi connectivity index (χ0v) is 17.4. The number of para-hydroxylation sites is 1. The van der Waals surface area contributed by atoms with Crippen LogP contribution in [0.4, 0.5) is 0 Å². The number of aryl methyl sites for hydroxylation is 2. The number of benzene rings is 2. The maximum Gasteiger partial charge on any atom is 0.219 e. The van der Waals surface area contributed by atoms with Crippen LogP contribution in [0.5, 0.6) is 11.6 Å². The van der Waals surface area contributed by atoms with Gasteiger partial charge >= 0.3 is 0 Å². The van der Waals surface area contributed by atoms with Crippen LogP contribution in [0, 0.1) is 12.3 Å². The summed E-state index contributed by atoms with van der Waals surface area (Å²) in [6, 6.07) is 24.5. The second-order valence-corrected chi connectivity index (χ2v) is 7.66. The number of nitrogens with zero attached hydrogens (tertiary/aromatic N) is 1. The maximum atomic E-state index is 5.94. The Hall–Kier alpha value is -3.05. The topological polar surface area (TPSA) is 22.1 Å². The number of aromatic nitrogens is 1. The van der Waals surface area contributed by atoms with Crippen molar-refractivity contribution in [3.8, 4) is 24.0 Å². The lowest BCUT2D eigenvalue weighted by molar-refractivity contribution is 0.459. The van der Waals surface area contributed by atoms with Crippen molar-refractivity contribution in [3.05, 3.63) is 89.6 Å². The summed E-state index contributed by atoms with van der Waals surface area (Å²) < 4.78 is 5.84. The van der Waals surface area contributed by atoms with Gasteiger partial charge in [0.1, 0.15) is 5.75 Å². The predicted molar refractivity (Wildman–Crippen MR) is 120 cm³/mol. The van der Waals surface area contributed by atoms with Crippen molar-refractivity contribution < 1.29 is 4.74 Å². The van der Waals surface area contributed by atoms with Gasteiger partial charge in [0, 0.05) is 11.8 Å². The number of ether oxygens (including phenoxy) is 1. The van der Waals surface area contributed by atoms with E-state index in [1.165, 1.54) is 11.1 Å². The first-order chi connectivity index (χ1) is 14.1. The molecule has 3 aromatic rings. The monoisotopic (exact) mass is 383 g/mol. The molecule has 0 aliphatic rings. The Labute approximate surface area is 175 Å². The first kappa shape index (κ1) is 20.7. The van der Waals surface area contributed by atoms with Gasteiger partial charge in [0.15, 0.2) is 0 Å². The summed E-state index contributed by atoms with van der Waals surface area (Å²) in [5.41, 5.74) is 3.35. The Kier molecular flexibility index (Phi) is 7.09. The Morgan fingerprint density at radius 1 is 0.931 bits per heavy atom. The molecule has 0 bridgehead atoms. The molecular formula is C27H29NO. The first-order valence-electron chi connectivity index (χ1n) is 10.4. The third-order valence-corrected chi connectivity index (χ3v) is 5.30. The van der Waals surface area contributed by atoms with Gasteiger partial charge in [-0.15, -0.1) is 6.42 Å². The lowest BCUT2D eigenvalue weighted by atomic mass is 9.78. The van der Waals surface area contributed by atoms with Gasteiger partial charge in [-0.05, 0) is 61.9 Å². The lowest BCUT2D eigenvalue weighted by Crippen LogP contribution is -2.19. The first-order valence-corrected chi connectivity index (χ1v) is 10.4. The van der Waals surface area contributed by atoms with E-state index < -0.39 is 0 Å². The van der Waals surface area contributed by atoms with Crippen molar-refractivity contribution in [1.29, 1.82) is 0 Å². The van der Waals surface area contributed by atoms with E-state index >= 15 is 0 Å². The van der Waals surface area contributed by atoms with E-state index in [4.69, 9.17) is 11.2 Å². The fourth-order valence-corrected chi connectivity index (χ4v) is 3.51. The molecule has 0 saturated heterocycles. The highest BCUT2D eigenvalue weighted by molar-refractivity contribution is 5.35. The largest absolute Gasteiger partial charge is 0.439 e. The Morgan fingerprint density at radius 3 is 2.38 bits per heavy atom. The molecule has 1 unspecified atom stereocenters. The molecule has 0 aliphatic carbocycles. The quantitative estimate of drug-likeness (QED) is 0.382. The van der Waals surface area contributed by atoms with E-state index in [-0.39, 0.29) is 5.41 Å². The van der Waals surface area contributed by atoms with Crippen molar-refractivity contribution in [1.82, 2.24) is 4.98 Å². The van der Waals surface area contributed by atoms with E-state index in [1.54, 1.807) is 0 Å². The fourth-order valence-electron chi connectivity index (χ4n) is 3.51. The molecule has 1 aromatic heterocycles. The summed E-state index contributed by atoms with van der Waals surface area (Å²) in [5.74, 6) is 4.45. The van der Waals surface area contributed by atoms with Crippen LogP contribution in [-0.4, -0.2) is 4.98 Å². The van der Waals surface area contributed by atoms with Crippen LogP contribution in [-0.2, 0) is 18.3 Å². The average Bonchev–Trinajstić information content (AvgIpc) is 2.75. The molecule has 0 fully saturated rings. The van der Waals surface area contributed by atoms with Gasteiger partial charge in [-0.3, -0.25) is 0 Å². The van der Waals surface area contributed by atoms with Crippen LogP contribution in [0.15, 0.2) is 72.8 Å². The Bertz CT molecular complexity index is 940. The van der Waals surface area contributed by atoms with Crippen molar-refractivity contribution in [2.24, 2.45) is 0 Å². The van der Waals surface area contributed by atoms with E-state index in [2.05, 4.69) is 49.0 Å². The minimum absolute atomic E-state index is 0.261. The number of hydrogen-bond acceptors (Lipinski definition) is 2. The third-order valence-electron chi connectivity index (χ3n) is 5.30. The number of terminal acetylenes is 1. The normalized spacial score (nSPS) is 12.7. The second kappa shape index (κ2) is 9.94. The van der Waals surface area contributed by atoms with Crippen LogP contribution in [0.25, 0.3) is 0 Å². The highest BCUT2D eigenvalue weighted by Crippen LogP contribution is 2.29. The highest BCUT2D eigenvalue weighted by Gasteiger charge is 2.23. The minimum Gasteiger partial charge on any atom is -0.439 e. The van der Waals surface area contributed by atoms with Gasteiger partial charge in [0.05, 0.1) is 5.41 Å². The Balaban J connectivity index is 1.60. The zero-order valence-electron chi connectivity index (χ0n) is 17.4. The van der Waals surface area contributed by atoms with Crippen LogP contribution < -0.4 is 4.74 Å². The summed E-state index contributed by atoms with van der Waals surface area (Å²) in [4.78, 5) is 4.64. The van der Waals surface area contributed by atoms with E-state index in [9.17, 15) is 0 Å². The summed E-state index contributed by atoms with van der Waals surface area (Å²) in [5, 5.41) is 0. The molecule has 2 aromatic carbocycles. The zero-order chi connectivity index (χ0) is 20.5. The molecule has 2 heteroatoms. The minimum atomic E-state index is -0.261.